The smallest absolute Gasteiger partial charge is 0.266 e. The van der Waals surface area contributed by atoms with E-state index in [-0.39, 0.29) is 11.8 Å². The zero-order valence-corrected chi connectivity index (χ0v) is 19.1. The van der Waals surface area contributed by atoms with Gasteiger partial charge >= 0.3 is 0 Å². The summed E-state index contributed by atoms with van der Waals surface area (Å²) in [7, 11) is 1.58. The molecule has 0 spiro atoms. The van der Waals surface area contributed by atoms with Gasteiger partial charge in [-0.15, -0.1) is 0 Å². The molecule has 5 nitrogen and oxygen atoms in total. The summed E-state index contributed by atoms with van der Waals surface area (Å²) in [6.07, 6.45) is 4.70. The number of hydrogen-bond acceptors (Lipinski definition) is 5. The van der Waals surface area contributed by atoms with Gasteiger partial charge in [0.1, 0.15) is 10.1 Å². The Morgan fingerprint density at radius 3 is 2.71 bits per heavy atom. The van der Waals surface area contributed by atoms with Crippen LogP contribution in [-0.4, -0.2) is 34.7 Å². The molecule has 1 saturated heterocycles. The van der Waals surface area contributed by atoms with Crippen molar-refractivity contribution in [3.63, 3.8) is 0 Å². The van der Waals surface area contributed by atoms with Gasteiger partial charge in [-0.1, -0.05) is 66.5 Å². The predicted molar refractivity (Wildman–Crippen MR) is 131 cm³/mol. The summed E-state index contributed by atoms with van der Waals surface area (Å²) in [5.41, 5.74) is 2.73. The molecule has 2 aromatic carbocycles. The summed E-state index contributed by atoms with van der Waals surface area (Å²) in [5.74, 6) is 0.457. The predicted octanol–water partition coefficient (Wildman–Crippen LogP) is 5.26. The Bertz CT molecular complexity index is 1030. The number of carbonyl (C=O) groups is 2. The molecular formula is C24H24N2O3S2. The van der Waals surface area contributed by atoms with Crippen LogP contribution in [0.5, 0.6) is 5.75 Å². The summed E-state index contributed by atoms with van der Waals surface area (Å²) < 4.78 is 5.68. The number of thiocarbonyl (C=S) groups is 1. The first kappa shape index (κ1) is 22.8. The number of thioether (sulfide) groups is 1. The first-order chi connectivity index (χ1) is 15.0. The number of ether oxygens (including phenoxy) is 1. The lowest BCUT2D eigenvalue weighted by Gasteiger charge is -2.14. The Morgan fingerprint density at radius 2 is 1.97 bits per heavy atom. The molecule has 7 heteroatoms. The molecule has 0 atom stereocenters. The van der Waals surface area contributed by atoms with Crippen LogP contribution in [0.3, 0.4) is 0 Å². The minimum atomic E-state index is -0.115. The summed E-state index contributed by atoms with van der Waals surface area (Å²) >= 11 is 6.68. The molecule has 1 aliphatic rings. The van der Waals surface area contributed by atoms with Gasteiger partial charge in [-0.3, -0.25) is 14.5 Å². The quantitative estimate of drug-likeness (QED) is 0.437. The monoisotopic (exact) mass is 452 g/mol. The molecule has 0 unspecified atom stereocenters. The third kappa shape index (κ3) is 6.54. The maximum absolute atomic E-state index is 12.7. The number of nitrogens with one attached hydrogen (secondary N) is 1. The van der Waals surface area contributed by atoms with E-state index in [1.165, 1.54) is 11.8 Å². The molecule has 2 aromatic rings. The normalized spacial score (nSPS) is 15.5. The third-order valence-electron chi connectivity index (χ3n) is 4.57. The van der Waals surface area contributed by atoms with Crippen LogP contribution in [0.2, 0.25) is 0 Å². The summed E-state index contributed by atoms with van der Waals surface area (Å²) in [6.45, 7) is 2.37. The molecule has 31 heavy (non-hydrogen) atoms. The molecular weight excluding hydrogens is 428 g/mol. The molecule has 3 rings (SSSR count). The maximum atomic E-state index is 12.7. The van der Waals surface area contributed by atoms with Crippen molar-refractivity contribution in [3.05, 3.63) is 76.7 Å². The van der Waals surface area contributed by atoms with Crippen LogP contribution in [-0.2, 0) is 9.59 Å². The van der Waals surface area contributed by atoms with Gasteiger partial charge in [0, 0.05) is 24.7 Å². The van der Waals surface area contributed by atoms with E-state index < -0.39 is 0 Å². The Kier molecular flexibility index (Phi) is 8.03. The number of allylic oxidation sites excluding steroid dienone is 2. The summed E-state index contributed by atoms with van der Waals surface area (Å²) in [4.78, 5) is 27.1. The molecule has 1 fully saturated rings. The van der Waals surface area contributed by atoms with Gasteiger partial charge in [0.15, 0.2) is 0 Å². The van der Waals surface area contributed by atoms with Crippen molar-refractivity contribution in [1.82, 2.24) is 4.90 Å². The Balaban J connectivity index is 1.53. The van der Waals surface area contributed by atoms with Crippen LogP contribution in [0.25, 0.3) is 6.08 Å². The second-order valence-electron chi connectivity index (χ2n) is 7.02. The van der Waals surface area contributed by atoms with Gasteiger partial charge in [0.2, 0.25) is 5.91 Å². The van der Waals surface area contributed by atoms with E-state index in [0.717, 1.165) is 11.1 Å². The Hall–Kier alpha value is -2.90. The van der Waals surface area contributed by atoms with Crippen molar-refractivity contribution in [2.45, 2.75) is 19.8 Å². The average molecular weight is 453 g/mol. The summed E-state index contributed by atoms with van der Waals surface area (Å²) in [6, 6.07) is 17.1. The number of amides is 2. The van der Waals surface area contributed by atoms with Crippen LogP contribution in [0.15, 0.2) is 71.2 Å². The zero-order valence-electron chi connectivity index (χ0n) is 17.5. The van der Waals surface area contributed by atoms with Gasteiger partial charge in [0.05, 0.1) is 12.0 Å². The first-order valence-corrected chi connectivity index (χ1v) is 11.1. The molecule has 1 aliphatic heterocycles. The van der Waals surface area contributed by atoms with E-state index in [4.69, 9.17) is 17.0 Å². The number of rotatable bonds is 8. The van der Waals surface area contributed by atoms with Gasteiger partial charge in [0.25, 0.3) is 5.91 Å². The fourth-order valence-electron chi connectivity index (χ4n) is 3.08. The van der Waals surface area contributed by atoms with Crippen molar-refractivity contribution < 1.29 is 14.3 Å². The van der Waals surface area contributed by atoms with Crippen molar-refractivity contribution in [3.8, 4) is 5.75 Å². The van der Waals surface area contributed by atoms with Gasteiger partial charge in [-0.25, -0.2) is 0 Å². The van der Waals surface area contributed by atoms with Crippen molar-refractivity contribution in [1.29, 1.82) is 0 Å². The Morgan fingerprint density at radius 1 is 1.19 bits per heavy atom. The van der Waals surface area contributed by atoms with Crippen molar-refractivity contribution >= 4 is 51.9 Å². The SMILES string of the molecule is COc1cccc(NC(=O)CCCN2C(=O)C(=CC(C)=Cc3ccccc3)SC2=S)c1. The fourth-order valence-corrected chi connectivity index (χ4v) is 4.43. The van der Waals surface area contributed by atoms with Crippen molar-refractivity contribution in [2.75, 3.05) is 19.0 Å². The average Bonchev–Trinajstić information content (AvgIpc) is 3.01. The van der Waals surface area contributed by atoms with Crippen molar-refractivity contribution in [2.24, 2.45) is 0 Å². The standard InChI is InChI=1S/C24H24N2O3S2/c1-17(14-18-8-4-3-5-9-18)15-21-23(28)26(24(30)31-21)13-7-12-22(27)25-19-10-6-11-20(16-19)29-2/h3-6,8-11,14-16H,7,12-13H2,1-2H3,(H,25,27). The molecule has 160 valence electrons. The maximum Gasteiger partial charge on any atom is 0.266 e. The molecule has 0 aliphatic carbocycles. The largest absolute Gasteiger partial charge is 0.497 e. The van der Waals surface area contributed by atoms with Gasteiger partial charge in [-0.05, 0) is 42.7 Å². The molecule has 0 bridgehead atoms. The van der Waals surface area contributed by atoms with Gasteiger partial charge in [-0.2, -0.15) is 0 Å². The van der Waals surface area contributed by atoms with Crippen LogP contribution >= 0.6 is 24.0 Å². The lowest BCUT2D eigenvalue weighted by atomic mass is 10.1. The molecule has 0 aromatic heterocycles. The number of nitrogens with zero attached hydrogens (tertiary/aromatic N) is 1. The van der Waals surface area contributed by atoms with Gasteiger partial charge < -0.3 is 10.1 Å². The van der Waals surface area contributed by atoms with E-state index in [0.29, 0.717) is 40.0 Å². The number of anilines is 1. The number of hydrogen-bond donors (Lipinski definition) is 1. The number of carbonyl (C=O) groups excluding carboxylic acids is 2. The number of methoxy groups -OCH3 is 1. The van der Waals surface area contributed by atoms with Crippen LogP contribution in [0.4, 0.5) is 5.69 Å². The van der Waals surface area contributed by atoms with Crippen LogP contribution in [0.1, 0.15) is 25.3 Å². The fraction of sp³-hybridized carbons (Fsp3) is 0.208. The molecule has 0 saturated carbocycles. The molecule has 1 N–H and O–H groups in total. The highest BCUT2D eigenvalue weighted by Crippen LogP contribution is 2.32. The lowest BCUT2D eigenvalue weighted by molar-refractivity contribution is -0.122. The second kappa shape index (κ2) is 10.9. The second-order valence-corrected chi connectivity index (χ2v) is 8.69. The third-order valence-corrected chi connectivity index (χ3v) is 5.94. The van der Waals surface area contributed by atoms with Crippen LogP contribution < -0.4 is 10.1 Å². The minimum absolute atomic E-state index is 0.107. The zero-order chi connectivity index (χ0) is 22.2. The lowest BCUT2D eigenvalue weighted by Crippen LogP contribution is -2.29. The van der Waals surface area contributed by atoms with E-state index in [1.54, 1.807) is 24.1 Å². The highest BCUT2D eigenvalue weighted by Gasteiger charge is 2.31. The highest BCUT2D eigenvalue weighted by molar-refractivity contribution is 8.26. The van der Waals surface area contributed by atoms with E-state index in [2.05, 4.69) is 5.32 Å². The minimum Gasteiger partial charge on any atom is -0.497 e. The van der Waals surface area contributed by atoms with Crippen LogP contribution in [0, 0.1) is 0 Å². The summed E-state index contributed by atoms with van der Waals surface area (Å²) in [5, 5.41) is 2.84. The molecule has 0 radical (unpaired) electrons. The number of benzene rings is 2. The Labute approximate surface area is 192 Å². The molecule has 1 heterocycles. The van der Waals surface area contributed by atoms with E-state index in [9.17, 15) is 9.59 Å². The first-order valence-electron chi connectivity index (χ1n) is 9.89. The highest BCUT2D eigenvalue weighted by atomic mass is 32.2. The molecule has 2 amide bonds. The van der Waals surface area contributed by atoms with E-state index >= 15 is 0 Å². The van der Waals surface area contributed by atoms with E-state index in [1.807, 2.05) is 61.5 Å². The topological polar surface area (TPSA) is 58.6 Å².